The van der Waals surface area contributed by atoms with Gasteiger partial charge in [0.05, 0.1) is 41.2 Å². The summed E-state index contributed by atoms with van der Waals surface area (Å²) in [7, 11) is 8.23. The number of esters is 2. The summed E-state index contributed by atoms with van der Waals surface area (Å²) in [6.07, 6.45) is 1.38. The molecule has 732 valence electrons. The van der Waals surface area contributed by atoms with Gasteiger partial charge in [0.15, 0.2) is 24.4 Å². The molecule has 4 bridgehead atoms. The number of para-hydroxylation sites is 2. The van der Waals surface area contributed by atoms with Crippen molar-refractivity contribution in [2.24, 2.45) is 28.1 Å². The van der Waals surface area contributed by atoms with Crippen LogP contribution in [0.3, 0.4) is 0 Å². The van der Waals surface area contributed by atoms with Gasteiger partial charge in [-0.1, -0.05) is 71.0 Å². The average molecular weight is 1880 g/mol. The molecule has 12 heterocycles. The van der Waals surface area contributed by atoms with Gasteiger partial charge in [-0.25, -0.2) is 9.59 Å². The molecule has 3 saturated carbocycles. The van der Waals surface area contributed by atoms with Crippen LogP contribution in [0.1, 0.15) is 150 Å². The number of nitrogens with one attached hydrogen (secondary N) is 2. The van der Waals surface area contributed by atoms with Crippen LogP contribution in [0.2, 0.25) is 81.9 Å². The largest absolute Gasteiger partial charge is 1.00 e. The Bertz CT molecular complexity index is 3690. The fraction of sp³-hybridized carbons (Fsp3) is 0.767. The predicted octanol–water partition coefficient (Wildman–Crippen LogP) is 10.5. The van der Waals surface area contributed by atoms with E-state index in [1.54, 1.807) is 83.8 Å². The fourth-order valence-corrected chi connectivity index (χ4v) is 15.7. The van der Waals surface area contributed by atoms with Gasteiger partial charge >= 0.3 is 148 Å². The Morgan fingerprint density at radius 3 is 1.28 bits per heavy atom. The smallest absolute Gasteiger partial charge is 0.544 e. The van der Waals surface area contributed by atoms with Crippen molar-refractivity contribution < 1.29 is 187 Å². The molecule has 9 atom stereocenters. The van der Waals surface area contributed by atoms with E-state index in [1.165, 1.54) is 44.8 Å². The first-order chi connectivity index (χ1) is 61.0. The number of nitrogens with zero attached hydrogens (tertiary/aromatic N) is 2. The zero-order valence-corrected chi connectivity index (χ0v) is 90.1. The molecule has 2 N–H and O–H groups in total. The van der Waals surface area contributed by atoms with E-state index >= 15 is 0 Å². The molecule has 0 aromatic heterocycles. The van der Waals surface area contributed by atoms with E-state index in [2.05, 4.69) is 146 Å². The minimum atomic E-state index is -1.35. The van der Waals surface area contributed by atoms with Crippen molar-refractivity contribution in [2.75, 3.05) is 112 Å². The summed E-state index contributed by atoms with van der Waals surface area (Å²) in [5.41, 5.74) is 2.96. The topological polar surface area (TPSA) is 330 Å². The average Bonchev–Trinajstić information content (AvgIpc) is 1.46. The Kier molecular flexibility index (Phi) is 51.5. The molecule has 3 aromatic rings. The van der Waals surface area contributed by atoms with Crippen molar-refractivity contribution in [3.63, 3.8) is 0 Å². The molecule has 18 rings (SSSR count). The first kappa shape index (κ1) is 121. The number of hydrogen-bond donors (Lipinski definition) is 2. The Balaban J connectivity index is 0.000000304. The number of anilines is 2. The number of amides is 2. The predicted molar refractivity (Wildman–Crippen MR) is 523 cm³/mol. The number of carbonyl (C=O) groups excluding carboxylic acids is 4. The molecule has 3 aliphatic carbocycles. The van der Waals surface area contributed by atoms with Crippen LogP contribution in [-0.2, 0) is 126 Å². The number of ether oxygens (including phenoxy) is 2. The third-order valence-electron chi connectivity index (χ3n) is 23.2. The number of fused-ring (bicyclic) bond motifs is 4. The van der Waals surface area contributed by atoms with E-state index in [1.807, 2.05) is 99.5 Å². The summed E-state index contributed by atoms with van der Waals surface area (Å²) in [6, 6.07) is 20.4. The summed E-state index contributed by atoms with van der Waals surface area (Å²) in [4.78, 5) is 49.9. The van der Waals surface area contributed by atoms with Crippen molar-refractivity contribution in [1.29, 1.82) is 0 Å². The quantitative estimate of drug-likeness (QED) is 0.126. The zero-order valence-electron chi connectivity index (χ0n) is 87.0. The summed E-state index contributed by atoms with van der Waals surface area (Å²) in [5.74, 6) is 1.58. The van der Waals surface area contributed by atoms with E-state index in [0.717, 1.165) is 95.6 Å². The number of hydrogen-bond acceptors (Lipinski definition) is 31. The van der Waals surface area contributed by atoms with Crippen LogP contribution >= 0.6 is 0 Å². The van der Waals surface area contributed by atoms with Crippen LogP contribution in [0.4, 0.5) is 11.4 Å². The van der Waals surface area contributed by atoms with Gasteiger partial charge in [0, 0.05) is 136 Å². The minimum Gasteiger partial charge on any atom is -0.544 e. The van der Waals surface area contributed by atoms with Crippen LogP contribution in [0.15, 0.2) is 60.7 Å². The van der Waals surface area contributed by atoms with Gasteiger partial charge in [-0.05, 0) is 238 Å². The molecule has 46 heteroatoms. The maximum absolute atomic E-state index is 11.8. The molecule has 12 aliphatic heterocycles. The van der Waals surface area contributed by atoms with E-state index in [9.17, 15) is 19.2 Å². The summed E-state index contributed by atoms with van der Waals surface area (Å²) in [6.45, 7) is 65.1. The van der Waals surface area contributed by atoms with Crippen molar-refractivity contribution >= 4 is 131 Å². The summed E-state index contributed by atoms with van der Waals surface area (Å²) < 4.78 is 132. The number of carbonyl (C=O) groups is 4. The third-order valence-corrected chi connectivity index (χ3v) is 23.2. The number of rotatable bonds is 12. The van der Waals surface area contributed by atoms with Crippen molar-refractivity contribution in [1.82, 2.24) is 9.80 Å². The van der Waals surface area contributed by atoms with Crippen LogP contribution in [0.5, 0.6) is 11.5 Å². The van der Waals surface area contributed by atoms with E-state index in [-0.39, 0.29) is 160 Å². The van der Waals surface area contributed by atoms with Gasteiger partial charge in [-0.3, -0.25) is 9.59 Å². The van der Waals surface area contributed by atoms with Crippen LogP contribution in [0.25, 0.3) is 10.8 Å². The Labute approximate surface area is 837 Å². The molecular formula is C86H157B12KN4O29. The molecule has 3 aromatic carbocycles. The van der Waals surface area contributed by atoms with Crippen molar-refractivity contribution in [3.05, 3.63) is 60.7 Å². The van der Waals surface area contributed by atoms with Gasteiger partial charge in [0.25, 0.3) is 11.8 Å². The Morgan fingerprint density at radius 1 is 0.515 bits per heavy atom. The Morgan fingerprint density at radius 2 is 0.939 bits per heavy atom. The van der Waals surface area contributed by atoms with Gasteiger partial charge in [0.1, 0.15) is 11.5 Å². The maximum atomic E-state index is 11.8. The van der Waals surface area contributed by atoms with Crippen LogP contribution in [0, 0.1) is 28.1 Å². The maximum Gasteiger partial charge on any atom is 1.00 e. The van der Waals surface area contributed by atoms with Crippen molar-refractivity contribution in [2.45, 2.75) is 304 Å². The molecule has 0 spiro atoms. The molecule has 132 heavy (non-hydrogen) atoms. The second-order valence-corrected chi connectivity index (χ2v) is 38.9. The van der Waals surface area contributed by atoms with Gasteiger partial charge in [0.2, 0.25) is 0 Å². The van der Waals surface area contributed by atoms with Gasteiger partial charge in [-0.2, -0.15) is 0 Å². The monoisotopic (exact) mass is 1880 g/mol. The van der Waals surface area contributed by atoms with Gasteiger partial charge in [-0.15, -0.1) is 6.82 Å². The Hall–Kier alpha value is -3.42. The molecule has 33 nitrogen and oxygen atoms in total. The van der Waals surface area contributed by atoms with E-state index < -0.39 is 57.3 Å². The zero-order chi connectivity index (χ0) is 98.5. The molecule has 15 aliphatic rings. The van der Waals surface area contributed by atoms with Crippen molar-refractivity contribution in [3.8, 4) is 11.5 Å². The first-order valence-electron chi connectivity index (χ1n) is 46.8. The molecule has 2 amide bonds. The molecule has 6 unspecified atom stereocenters. The van der Waals surface area contributed by atoms with Crippen LogP contribution < -0.4 is 71.1 Å². The number of likely N-dealkylation sites (N-methyl/N-ethyl adjacent to an activating group) is 2. The standard InChI is InChI=1S/C11H11BN2.C11H19BO6.C10H17BO2.C9H17BN2O4.C7H7BO2.2C7H15BO2.C6H12BO3.C6H13BO2.C5H13BO2.C4H9BO2.C3H9BO2.K/c1-12-13-9-6-2-4-8-5-3-7-10(14-12)11(8)9;1-6(2)15-10(13)8-9(18-12(5)17-8)11(14)16-7(3)4;1-10(2)6-4-7(10)9-8(5-6)12-11(3)13-9;1-10-15-6(8(13)11(2)3)7(16-10)9(14)12(4)5;1-8-9-6-4-2-3-5-7(6)10-8;1-6-5-7(2,3)10-8(4)9-6;1-6(2)7(3,4)10-8(5)9-6;1-6-3-8-7(2,9-4-6)10-5-6;1-6(2)4-8-7(3)9-5-6;1-4-7-6(3)8-5-2;1-5-6-3-2-4-7-5;1-4(5-2)6-3;/h2-7,13-14H,1H3;6-9H,1-5H3;6-9H,4-5H2,1-3H3;6-7H,1-5H3;2-5H,1H3;6H,5H2,1-4H3;1-5H3;3-5H2,1-2H3;4-5H2,1-3H3;4-5H2,1-3H3;2-4H2,1H3;1-3H3;/q;;;;;;;-1;;;;;+1/t;;6?,7-,8-,9+;;;;;;;;;;/m..1........../s1. The second kappa shape index (κ2) is 56.3. The second-order valence-electron chi connectivity index (χ2n) is 38.9. The normalized spacial score (nSPS) is 26.4. The summed E-state index contributed by atoms with van der Waals surface area (Å²) in [5, 5.41) is 9.41. The third kappa shape index (κ3) is 39.9. The molecule has 0 radical (unpaired) electrons. The molecule has 10 saturated heterocycles. The first-order valence-corrected chi connectivity index (χ1v) is 46.8. The van der Waals surface area contributed by atoms with E-state index in [4.69, 9.17) is 107 Å². The molecule has 13 fully saturated rings. The fourth-order valence-electron chi connectivity index (χ4n) is 15.7. The molecular weight excluding hydrogens is 1720 g/mol. The van der Waals surface area contributed by atoms with E-state index in [0.29, 0.717) is 30.7 Å². The summed E-state index contributed by atoms with van der Waals surface area (Å²) >= 11 is 0. The van der Waals surface area contributed by atoms with Crippen LogP contribution in [-0.4, -0.2) is 292 Å². The van der Waals surface area contributed by atoms with Gasteiger partial charge < -0.3 is 137 Å². The SMILES string of the molecule is CB1Nc2cccc3cccc(c23)N1.CB1OC(C(=O)N(C)C)C(C(=O)N(C)C)O1.CB1OC(C(=O)OC(C)C)C(C(=O)OC(C)C)O1.CB1OC(C)(C)C(C)(C)O1.CB1OC(C)CC(C)(C)O1.CB1OCC(C)(C)CO1.CB1OCCCO1.CB1O[C@H]2[C@H]3CC(C[C@H]2O1)C3(C)C.CB1Oc2ccccc2O1.CCOB(C)OCC.COB(C)OC.C[B-]12OCC(C)(CO1)CO2.[K+]. The number of benzene rings is 3. The minimum absolute atomic E-state index is 0.